The van der Waals surface area contributed by atoms with Gasteiger partial charge in [0.1, 0.15) is 0 Å². The minimum atomic E-state index is -0.266. The Morgan fingerprint density at radius 1 is 1.56 bits per heavy atom. The SMILES string of the molecule is CCC(=CCN1CC(C)OC(CO)C1)C(=O)OC. The van der Waals surface area contributed by atoms with Crippen LogP contribution in [0.5, 0.6) is 0 Å². The summed E-state index contributed by atoms with van der Waals surface area (Å²) in [5.74, 6) is -0.266. The summed E-state index contributed by atoms with van der Waals surface area (Å²) in [5, 5.41) is 9.14. The number of morpholine rings is 1. The highest BCUT2D eigenvalue weighted by Crippen LogP contribution is 2.12. The van der Waals surface area contributed by atoms with Crippen LogP contribution < -0.4 is 0 Å². The number of nitrogens with zero attached hydrogens (tertiary/aromatic N) is 1. The van der Waals surface area contributed by atoms with Crippen LogP contribution in [0.15, 0.2) is 11.6 Å². The van der Waals surface area contributed by atoms with Gasteiger partial charge in [0.05, 0.1) is 25.9 Å². The summed E-state index contributed by atoms with van der Waals surface area (Å²) < 4.78 is 10.3. The van der Waals surface area contributed by atoms with Crippen molar-refractivity contribution < 1.29 is 19.4 Å². The lowest BCUT2D eigenvalue weighted by Crippen LogP contribution is -2.47. The van der Waals surface area contributed by atoms with Crippen molar-refractivity contribution >= 4 is 5.97 Å². The summed E-state index contributed by atoms with van der Waals surface area (Å²) in [5.41, 5.74) is 0.692. The van der Waals surface area contributed by atoms with E-state index in [0.29, 0.717) is 25.1 Å². The summed E-state index contributed by atoms with van der Waals surface area (Å²) in [4.78, 5) is 13.6. The monoisotopic (exact) mass is 257 g/mol. The molecule has 1 aliphatic heterocycles. The molecule has 0 aromatic carbocycles. The Bertz CT molecular complexity index is 303. The van der Waals surface area contributed by atoms with Gasteiger partial charge in [-0.2, -0.15) is 0 Å². The van der Waals surface area contributed by atoms with Crippen LogP contribution in [-0.4, -0.2) is 61.5 Å². The zero-order valence-electron chi connectivity index (χ0n) is 11.4. The number of hydrogen-bond donors (Lipinski definition) is 1. The highest BCUT2D eigenvalue weighted by Gasteiger charge is 2.24. The average Bonchev–Trinajstić information content (AvgIpc) is 2.38. The highest BCUT2D eigenvalue weighted by atomic mass is 16.5. The van der Waals surface area contributed by atoms with E-state index in [1.54, 1.807) is 0 Å². The van der Waals surface area contributed by atoms with Gasteiger partial charge in [0.25, 0.3) is 0 Å². The first-order valence-electron chi connectivity index (χ1n) is 6.36. The van der Waals surface area contributed by atoms with Crippen LogP contribution in [0.2, 0.25) is 0 Å². The van der Waals surface area contributed by atoms with Crippen molar-refractivity contribution in [3.63, 3.8) is 0 Å². The van der Waals surface area contributed by atoms with Gasteiger partial charge in [-0.3, -0.25) is 4.90 Å². The predicted molar refractivity (Wildman–Crippen MR) is 68.3 cm³/mol. The third kappa shape index (κ3) is 4.40. The van der Waals surface area contributed by atoms with Gasteiger partial charge >= 0.3 is 5.97 Å². The van der Waals surface area contributed by atoms with Crippen LogP contribution in [0, 0.1) is 0 Å². The summed E-state index contributed by atoms with van der Waals surface area (Å²) in [6.45, 7) is 6.13. The van der Waals surface area contributed by atoms with Crippen molar-refractivity contribution in [3.05, 3.63) is 11.6 Å². The fourth-order valence-electron chi connectivity index (χ4n) is 2.13. The first-order chi connectivity index (χ1) is 8.60. The summed E-state index contributed by atoms with van der Waals surface area (Å²) in [7, 11) is 1.39. The van der Waals surface area contributed by atoms with Crippen LogP contribution in [-0.2, 0) is 14.3 Å². The zero-order chi connectivity index (χ0) is 13.5. The molecular formula is C13H23NO4. The van der Waals surface area contributed by atoms with E-state index < -0.39 is 0 Å². The second-order valence-corrected chi connectivity index (χ2v) is 4.54. The number of methoxy groups -OCH3 is 1. The lowest BCUT2D eigenvalue weighted by Gasteiger charge is -2.35. The van der Waals surface area contributed by atoms with Crippen LogP contribution in [0.3, 0.4) is 0 Å². The number of carbonyl (C=O) groups excluding carboxylic acids is 1. The van der Waals surface area contributed by atoms with Crippen LogP contribution >= 0.6 is 0 Å². The molecular weight excluding hydrogens is 234 g/mol. The van der Waals surface area contributed by atoms with E-state index in [9.17, 15) is 4.79 Å². The first-order valence-corrected chi connectivity index (χ1v) is 6.36. The number of esters is 1. The quantitative estimate of drug-likeness (QED) is 0.576. The Morgan fingerprint density at radius 2 is 2.28 bits per heavy atom. The van der Waals surface area contributed by atoms with E-state index >= 15 is 0 Å². The molecule has 0 radical (unpaired) electrons. The molecule has 1 heterocycles. The molecule has 1 N–H and O–H groups in total. The molecule has 104 valence electrons. The third-order valence-corrected chi connectivity index (χ3v) is 3.03. The van der Waals surface area contributed by atoms with Crippen molar-refractivity contribution in [1.82, 2.24) is 4.90 Å². The number of ether oxygens (including phenoxy) is 2. The van der Waals surface area contributed by atoms with Crippen molar-refractivity contribution in [1.29, 1.82) is 0 Å². The van der Waals surface area contributed by atoms with Gasteiger partial charge < -0.3 is 14.6 Å². The molecule has 2 atom stereocenters. The van der Waals surface area contributed by atoms with Crippen molar-refractivity contribution in [2.45, 2.75) is 32.5 Å². The second kappa shape index (κ2) is 7.51. The van der Waals surface area contributed by atoms with Crippen molar-refractivity contribution in [2.75, 3.05) is 33.4 Å². The molecule has 2 unspecified atom stereocenters. The normalized spacial score (nSPS) is 26.1. The maximum Gasteiger partial charge on any atom is 0.333 e. The molecule has 5 heteroatoms. The molecule has 18 heavy (non-hydrogen) atoms. The van der Waals surface area contributed by atoms with Gasteiger partial charge in [-0.15, -0.1) is 0 Å². The molecule has 1 fully saturated rings. The number of hydrogen-bond acceptors (Lipinski definition) is 5. The Kier molecular flexibility index (Phi) is 6.32. The molecule has 1 rings (SSSR count). The smallest absolute Gasteiger partial charge is 0.333 e. The molecule has 5 nitrogen and oxygen atoms in total. The predicted octanol–water partition coefficient (Wildman–Crippen LogP) is 0.577. The van der Waals surface area contributed by atoms with Crippen LogP contribution in [0.1, 0.15) is 20.3 Å². The zero-order valence-corrected chi connectivity index (χ0v) is 11.4. The van der Waals surface area contributed by atoms with Gasteiger partial charge in [-0.1, -0.05) is 13.0 Å². The molecule has 0 bridgehead atoms. The van der Waals surface area contributed by atoms with Gasteiger partial charge in [0, 0.05) is 25.2 Å². The lowest BCUT2D eigenvalue weighted by molar-refractivity contribution is -0.136. The van der Waals surface area contributed by atoms with Crippen molar-refractivity contribution in [3.8, 4) is 0 Å². The molecule has 0 aliphatic carbocycles. The number of aliphatic hydroxyl groups is 1. The molecule has 1 aliphatic rings. The summed E-state index contributed by atoms with van der Waals surface area (Å²) >= 11 is 0. The Balaban J connectivity index is 2.55. The van der Waals surface area contributed by atoms with Gasteiger partial charge in [-0.05, 0) is 13.3 Å². The number of aliphatic hydroxyl groups excluding tert-OH is 1. The fraction of sp³-hybridized carbons (Fsp3) is 0.769. The van der Waals surface area contributed by atoms with Gasteiger partial charge in [-0.25, -0.2) is 4.79 Å². The van der Waals surface area contributed by atoms with Crippen molar-refractivity contribution in [2.24, 2.45) is 0 Å². The van der Waals surface area contributed by atoms with Crippen LogP contribution in [0.25, 0.3) is 0 Å². The van der Waals surface area contributed by atoms with Crippen LogP contribution in [0.4, 0.5) is 0 Å². The van der Waals surface area contributed by atoms with E-state index in [1.807, 2.05) is 19.9 Å². The average molecular weight is 257 g/mol. The van der Waals surface area contributed by atoms with E-state index in [1.165, 1.54) is 7.11 Å². The molecule has 0 spiro atoms. The lowest BCUT2D eigenvalue weighted by atomic mass is 10.1. The van der Waals surface area contributed by atoms with E-state index in [0.717, 1.165) is 6.54 Å². The van der Waals surface area contributed by atoms with Gasteiger partial charge in [0.15, 0.2) is 0 Å². The Morgan fingerprint density at radius 3 is 2.83 bits per heavy atom. The maximum atomic E-state index is 11.4. The Hall–Kier alpha value is -0.910. The van der Waals surface area contributed by atoms with E-state index in [-0.39, 0.29) is 24.8 Å². The topological polar surface area (TPSA) is 59.0 Å². The molecule has 1 saturated heterocycles. The first kappa shape index (κ1) is 15.1. The second-order valence-electron chi connectivity index (χ2n) is 4.54. The standard InChI is InChI=1S/C13H23NO4/c1-4-11(13(16)17-3)5-6-14-7-10(2)18-12(8-14)9-15/h5,10,12,15H,4,6-9H2,1-3H3. The third-order valence-electron chi connectivity index (χ3n) is 3.03. The minimum absolute atomic E-state index is 0.0300. The highest BCUT2D eigenvalue weighted by molar-refractivity contribution is 5.88. The van der Waals surface area contributed by atoms with E-state index in [4.69, 9.17) is 14.6 Å². The maximum absolute atomic E-state index is 11.4. The van der Waals surface area contributed by atoms with Gasteiger partial charge in [0.2, 0.25) is 0 Å². The Labute approximate surface area is 108 Å². The summed E-state index contributed by atoms with van der Waals surface area (Å²) in [6, 6.07) is 0. The number of carbonyl (C=O) groups is 1. The molecule has 0 saturated carbocycles. The van der Waals surface area contributed by atoms with E-state index in [2.05, 4.69) is 4.90 Å². The fourth-order valence-corrected chi connectivity index (χ4v) is 2.13. The minimum Gasteiger partial charge on any atom is -0.466 e. The number of rotatable bonds is 5. The summed E-state index contributed by atoms with van der Waals surface area (Å²) in [6.07, 6.45) is 2.53. The molecule has 0 aromatic rings. The molecule has 0 aromatic heterocycles. The molecule has 0 amide bonds. The largest absolute Gasteiger partial charge is 0.466 e.